The third-order valence-electron chi connectivity index (χ3n) is 3.13. The predicted molar refractivity (Wildman–Crippen MR) is 55.3 cm³/mol. The minimum atomic E-state index is 0.677. The van der Waals surface area contributed by atoms with E-state index in [0.29, 0.717) is 5.92 Å². The highest BCUT2D eigenvalue weighted by molar-refractivity contribution is 5.56. The van der Waals surface area contributed by atoms with Gasteiger partial charge in [-0.15, -0.1) is 5.16 Å². The molecule has 1 aliphatic carbocycles. The Morgan fingerprint density at radius 1 is 1.46 bits per heavy atom. The monoisotopic (exact) mass is 183 g/mol. The molecule has 0 aromatic rings. The minimum Gasteiger partial charge on any atom is -0.411 e. The third kappa shape index (κ3) is 4.30. The van der Waals surface area contributed by atoms with Gasteiger partial charge in [0.15, 0.2) is 0 Å². The standard InChI is InChI=1S/C11H21NO/c1-10(8-9-12-13)6-7-11-4-2-3-5-11/h9-11,13H,2-8H2,1H3/b12-9+. The smallest absolute Gasteiger partial charge is 0.0438 e. The second kappa shape index (κ2) is 6.01. The molecule has 1 aliphatic rings. The van der Waals surface area contributed by atoms with Gasteiger partial charge in [-0.25, -0.2) is 0 Å². The van der Waals surface area contributed by atoms with Gasteiger partial charge in [-0.3, -0.25) is 0 Å². The van der Waals surface area contributed by atoms with Crippen LogP contribution in [0.5, 0.6) is 0 Å². The molecule has 0 bridgehead atoms. The van der Waals surface area contributed by atoms with Crippen LogP contribution in [0, 0.1) is 11.8 Å². The van der Waals surface area contributed by atoms with Crippen molar-refractivity contribution in [2.45, 2.75) is 51.9 Å². The fourth-order valence-electron chi connectivity index (χ4n) is 2.16. The van der Waals surface area contributed by atoms with Crippen molar-refractivity contribution in [2.75, 3.05) is 0 Å². The Bertz CT molecular complexity index is 150. The average molecular weight is 183 g/mol. The van der Waals surface area contributed by atoms with Crippen LogP contribution in [-0.2, 0) is 0 Å². The lowest BCUT2D eigenvalue weighted by molar-refractivity contribution is 0.318. The molecule has 2 heteroatoms. The largest absolute Gasteiger partial charge is 0.411 e. The highest BCUT2D eigenvalue weighted by Gasteiger charge is 2.15. The van der Waals surface area contributed by atoms with E-state index in [-0.39, 0.29) is 0 Å². The molecule has 1 atom stereocenters. The average Bonchev–Trinajstić information content (AvgIpc) is 2.64. The van der Waals surface area contributed by atoms with Crippen LogP contribution in [-0.4, -0.2) is 11.4 Å². The van der Waals surface area contributed by atoms with E-state index < -0.39 is 0 Å². The molecule has 1 rings (SSSR count). The Labute approximate surface area is 81.0 Å². The number of hydrogen-bond acceptors (Lipinski definition) is 2. The third-order valence-corrected chi connectivity index (χ3v) is 3.13. The zero-order valence-corrected chi connectivity index (χ0v) is 8.58. The first-order valence-electron chi connectivity index (χ1n) is 5.49. The summed E-state index contributed by atoms with van der Waals surface area (Å²) in [5.74, 6) is 1.67. The van der Waals surface area contributed by atoms with Gasteiger partial charge < -0.3 is 5.21 Å². The summed E-state index contributed by atoms with van der Waals surface area (Å²) in [5, 5.41) is 11.3. The fraction of sp³-hybridized carbons (Fsp3) is 0.909. The van der Waals surface area contributed by atoms with Crippen LogP contribution in [0.25, 0.3) is 0 Å². The summed E-state index contributed by atoms with van der Waals surface area (Å²) in [6, 6.07) is 0. The maximum absolute atomic E-state index is 8.26. The number of nitrogens with zero attached hydrogens (tertiary/aromatic N) is 1. The van der Waals surface area contributed by atoms with E-state index in [0.717, 1.165) is 12.3 Å². The van der Waals surface area contributed by atoms with Gasteiger partial charge in [-0.05, 0) is 18.3 Å². The normalized spacial score (nSPS) is 21.3. The van der Waals surface area contributed by atoms with Crippen LogP contribution < -0.4 is 0 Å². The maximum Gasteiger partial charge on any atom is 0.0438 e. The van der Waals surface area contributed by atoms with Crippen LogP contribution in [0.1, 0.15) is 51.9 Å². The topological polar surface area (TPSA) is 32.6 Å². The predicted octanol–water partition coefficient (Wildman–Crippen LogP) is 3.44. The first kappa shape index (κ1) is 10.6. The lowest BCUT2D eigenvalue weighted by Gasteiger charge is -2.12. The molecule has 1 saturated carbocycles. The van der Waals surface area contributed by atoms with Crippen molar-refractivity contribution in [3.8, 4) is 0 Å². The molecule has 0 aromatic heterocycles. The molecule has 2 nitrogen and oxygen atoms in total. The molecule has 0 saturated heterocycles. The zero-order valence-electron chi connectivity index (χ0n) is 8.58. The van der Waals surface area contributed by atoms with Crippen LogP contribution >= 0.6 is 0 Å². The van der Waals surface area contributed by atoms with Gasteiger partial charge >= 0.3 is 0 Å². The molecule has 0 heterocycles. The van der Waals surface area contributed by atoms with Gasteiger partial charge in [0.1, 0.15) is 0 Å². The summed E-state index contributed by atoms with van der Waals surface area (Å²) in [5.41, 5.74) is 0. The van der Waals surface area contributed by atoms with E-state index in [1.165, 1.54) is 38.5 Å². The fourth-order valence-corrected chi connectivity index (χ4v) is 2.16. The molecule has 13 heavy (non-hydrogen) atoms. The van der Waals surface area contributed by atoms with Crippen molar-refractivity contribution < 1.29 is 5.21 Å². The van der Waals surface area contributed by atoms with Crippen LogP contribution in [0.2, 0.25) is 0 Å². The van der Waals surface area contributed by atoms with E-state index in [4.69, 9.17) is 5.21 Å². The van der Waals surface area contributed by atoms with Gasteiger partial charge in [0, 0.05) is 6.21 Å². The van der Waals surface area contributed by atoms with Crippen molar-refractivity contribution in [1.29, 1.82) is 0 Å². The Morgan fingerprint density at radius 2 is 2.15 bits per heavy atom. The molecule has 76 valence electrons. The first-order valence-corrected chi connectivity index (χ1v) is 5.49. The Hall–Kier alpha value is -0.530. The Morgan fingerprint density at radius 3 is 2.77 bits per heavy atom. The van der Waals surface area contributed by atoms with E-state index in [2.05, 4.69) is 12.1 Å². The zero-order chi connectivity index (χ0) is 9.52. The Kier molecular flexibility index (Phi) is 4.87. The van der Waals surface area contributed by atoms with Crippen LogP contribution in [0.4, 0.5) is 0 Å². The van der Waals surface area contributed by atoms with Crippen molar-refractivity contribution in [3.63, 3.8) is 0 Å². The minimum absolute atomic E-state index is 0.677. The number of hydrogen-bond donors (Lipinski definition) is 1. The van der Waals surface area contributed by atoms with E-state index in [1.54, 1.807) is 6.21 Å². The first-order chi connectivity index (χ1) is 6.33. The maximum atomic E-state index is 8.26. The second-order valence-corrected chi connectivity index (χ2v) is 4.37. The SMILES string of the molecule is CC(C/C=N/O)CCC1CCCC1. The molecule has 0 spiro atoms. The highest BCUT2D eigenvalue weighted by atomic mass is 16.4. The summed E-state index contributed by atoms with van der Waals surface area (Å²) in [7, 11) is 0. The molecular formula is C11H21NO. The lowest BCUT2D eigenvalue weighted by atomic mass is 9.94. The summed E-state index contributed by atoms with van der Waals surface area (Å²) in [6.07, 6.45) is 11.0. The number of rotatable bonds is 5. The van der Waals surface area contributed by atoms with Gasteiger partial charge in [0.05, 0.1) is 0 Å². The molecule has 1 N–H and O–H groups in total. The summed E-state index contributed by atoms with van der Waals surface area (Å²) in [6.45, 7) is 2.23. The van der Waals surface area contributed by atoms with Gasteiger partial charge in [0.2, 0.25) is 0 Å². The lowest BCUT2D eigenvalue weighted by Crippen LogP contribution is -2.00. The molecule has 0 aromatic carbocycles. The highest BCUT2D eigenvalue weighted by Crippen LogP contribution is 2.30. The van der Waals surface area contributed by atoms with E-state index in [1.807, 2.05) is 0 Å². The van der Waals surface area contributed by atoms with E-state index in [9.17, 15) is 0 Å². The van der Waals surface area contributed by atoms with Gasteiger partial charge in [0.25, 0.3) is 0 Å². The van der Waals surface area contributed by atoms with Crippen molar-refractivity contribution in [1.82, 2.24) is 0 Å². The molecule has 0 amide bonds. The Balaban J connectivity index is 2.03. The molecule has 0 radical (unpaired) electrons. The molecular weight excluding hydrogens is 162 g/mol. The molecule has 1 fully saturated rings. The van der Waals surface area contributed by atoms with Gasteiger partial charge in [-0.2, -0.15) is 0 Å². The summed E-state index contributed by atoms with van der Waals surface area (Å²) < 4.78 is 0. The summed E-state index contributed by atoms with van der Waals surface area (Å²) >= 11 is 0. The van der Waals surface area contributed by atoms with Crippen molar-refractivity contribution >= 4 is 6.21 Å². The van der Waals surface area contributed by atoms with Crippen molar-refractivity contribution in [2.24, 2.45) is 17.0 Å². The second-order valence-electron chi connectivity index (χ2n) is 4.37. The number of oxime groups is 1. The molecule has 1 unspecified atom stereocenters. The van der Waals surface area contributed by atoms with E-state index >= 15 is 0 Å². The molecule has 0 aliphatic heterocycles. The van der Waals surface area contributed by atoms with Crippen LogP contribution in [0.15, 0.2) is 5.16 Å². The van der Waals surface area contributed by atoms with Crippen molar-refractivity contribution in [3.05, 3.63) is 0 Å². The van der Waals surface area contributed by atoms with Crippen LogP contribution in [0.3, 0.4) is 0 Å². The quantitative estimate of drug-likeness (QED) is 0.395. The van der Waals surface area contributed by atoms with Gasteiger partial charge in [-0.1, -0.05) is 45.4 Å². The summed E-state index contributed by atoms with van der Waals surface area (Å²) in [4.78, 5) is 0.